The van der Waals surface area contributed by atoms with Gasteiger partial charge in [0.2, 0.25) is 0 Å². The number of carbonyl (C=O) groups is 1. The van der Waals surface area contributed by atoms with Crippen LogP contribution in [0.4, 0.5) is 0 Å². The summed E-state index contributed by atoms with van der Waals surface area (Å²) >= 11 is -1.66. The van der Waals surface area contributed by atoms with Gasteiger partial charge in [-0.1, -0.05) is 0 Å². The molecule has 1 nitrogen and oxygen atoms in total. The molecule has 0 amide bonds. The van der Waals surface area contributed by atoms with E-state index in [4.69, 9.17) is 0 Å². The number of hydrogen-bond acceptors (Lipinski definition) is 2. The fourth-order valence-electron chi connectivity index (χ4n) is 5.88. The summed E-state index contributed by atoms with van der Waals surface area (Å²) in [7, 11) is 0. The molecule has 0 aromatic heterocycles. The van der Waals surface area contributed by atoms with Crippen molar-refractivity contribution < 1.29 is 4.79 Å². The van der Waals surface area contributed by atoms with Gasteiger partial charge in [0.25, 0.3) is 0 Å². The number of ketones is 1. The molecule has 0 N–H and O–H groups in total. The molecule has 1 unspecified atom stereocenters. The second-order valence-electron chi connectivity index (χ2n) is 9.57. The van der Waals surface area contributed by atoms with Crippen molar-refractivity contribution in [1.82, 2.24) is 0 Å². The van der Waals surface area contributed by atoms with Crippen LogP contribution in [0.2, 0.25) is 0 Å². The molecule has 1 saturated carbocycles. The molecule has 0 radical (unpaired) electrons. The van der Waals surface area contributed by atoms with Gasteiger partial charge in [0, 0.05) is 0 Å². The second kappa shape index (κ2) is 11.2. The summed E-state index contributed by atoms with van der Waals surface area (Å²) < 4.78 is 4.80. The molecular weight excluding hydrogens is 551 g/mol. The first-order chi connectivity index (χ1) is 17.2. The van der Waals surface area contributed by atoms with Gasteiger partial charge in [-0.25, -0.2) is 0 Å². The van der Waals surface area contributed by atoms with Crippen molar-refractivity contribution in [1.29, 1.82) is 0 Å². The molecule has 4 aromatic carbocycles. The summed E-state index contributed by atoms with van der Waals surface area (Å²) in [5.41, 5.74) is 0. The van der Waals surface area contributed by atoms with Crippen LogP contribution in [-0.2, 0) is 4.79 Å². The van der Waals surface area contributed by atoms with E-state index < -0.39 is 18.4 Å². The Morgan fingerprint density at radius 3 is 1.57 bits per heavy atom. The van der Waals surface area contributed by atoms with Gasteiger partial charge in [-0.05, 0) is 0 Å². The van der Waals surface area contributed by atoms with Crippen molar-refractivity contribution >= 4 is 46.7 Å². The van der Waals surface area contributed by atoms with Crippen LogP contribution in [0, 0.1) is 11.8 Å². The molecule has 0 bridgehead atoms. The predicted octanol–water partition coefficient (Wildman–Crippen LogP) is 5.86. The molecule has 1 aliphatic rings. The Balaban J connectivity index is 1.83. The first kappa shape index (κ1) is 24.4. The summed E-state index contributed by atoms with van der Waals surface area (Å²) in [5.74, 6) is 0.865. The van der Waals surface area contributed by atoms with E-state index in [1.807, 2.05) is 11.8 Å². The molecule has 3 atom stereocenters. The summed E-state index contributed by atoms with van der Waals surface area (Å²) in [4.78, 5) is 14.4. The van der Waals surface area contributed by atoms with E-state index in [9.17, 15) is 4.79 Å². The zero-order valence-corrected chi connectivity index (χ0v) is 23.9. The van der Waals surface area contributed by atoms with Crippen LogP contribution in [0.5, 0.6) is 0 Å². The molecule has 0 spiro atoms. The molecule has 4 aromatic rings. The van der Waals surface area contributed by atoms with E-state index >= 15 is 0 Å². The van der Waals surface area contributed by atoms with E-state index in [0.29, 0.717) is 15.0 Å². The van der Waals surface area contributed by atoms with Crippen molar-refractivity contribution in [3.63, 3.8) is 0 Å². The number of benzene rings is 4. The van der Waals surface area contributed by atoms with Gasteiger partial charge in [-0.3, -0.25) is 0 Å². The summed E-state index contributed by atoms with van der Waals surface area (Å²) in [6.07, 6.45) is 2.84. The number of Topliss-reactive ketones (excluding diaryl/α,β-unsaturated/α-hetero) is 1. The zero-order valence-electron chi connectivity index (χ0n) is 20.2. The van der Waals surface area contributed by atoms with E-state index in [-0.39, 0.29) is 5.92 Å². The maximum absolute atomic E-state index is 13.1. The number of rotatable bonds is 7. The fraction of sp³-hybridized carbons (Fsp3) is 0.219. The Morgan fingerprint density at radius 1 is 0.686 bits per heavy atom. The quantitative estimate of drug-likeness (QED) is 0.200. The first-order valence-corrected chi connectivity index (χ1v) is 19.4. The van der Waals surface area contributed by atoms with E-state index in [1.54, 1.807) is 0 Å². The average molecular weight is 583 g/mol. The van der Waals surface area contributed by atoms with Gasteiger partial charge in [0.1, 0.15) is 0 Å². The van der Waals surface area contributed by atoms with Crippen LogP contribution < -0.4 is 10.7 Å². The molecule has 1 aliphatic carbocycles. The molecule has 0 saturated heterocycles. The number of thioether (sulfide) groups is 1. The second-order valence-corrected chi connectivity index (χ2v) is 23.3. The maximum atomic E-state index is 13.1. The van der Waals surface area contributed by atoms with Gasteiger partial charge in [-0.2, -0.15) is 0 Å². The third-order valence-corrected chi connectivity index (χ3v) is 26.5. The van der Waals surface area contributed by atoms with Crippen molar-refractivity contribution in [3.8, 4) is 0 Å². The molecule has 0 heterocycles. The minimum atomic E-state index is -3.69. The van der Waals surface area contributed by atoms with Crippen molar-refractivity contribution in [3.05, 3.63) is 121 Å². The van der Waals surface area contributed by atoms with Gasteiger partial charge < -0.3 is 0 Å². The Kier molecular flexibility index (Phi) is 7.79. The van der Waals surface area contributed by atoms with Gasteiger partial charge in [0.15, 0.2) is 0 Å². The molecule has 35 heavy (non-hydrogen) atoms. The van der Waals surface area contributed by atoms with E-state index in [1.165, 1.54) is 15.6 Å². The number of hydrogen-bond donors (Lipinski definition) is 0. The Labute approximate surface area is 217 Å². The fourth-order valence-corrected chi connectivity index (χ4v) is 27.6. The molecular formula is C32H32OSSn. The van der Waals surface area contributed by atoms with Gasteiger partial charge in [0.05, 0.1) is 0 Å². The summed E-state index contributed by atoms with van der Waals surface area (Å²) in [5, 5.41) is 0. The van der Waals surface area contributed by atoms with Crippen LogP contribution in [-0.4, -0.2) is 27.4 Å². The Bertz CT molecular complexity index is 1130. The molecule has 3 heteroatoms. The predicted molar refractivity (Wildman–Crippen MR) is 152 cm³/mol. The topological polar surface area (TPSA) is 17.1 Å². The van der Waals surface area contributed by atoms with Crippen LogP contribution >= 0.6 is 11.8 Å². The zero-order chi connectivity index (χ0) is 24.1. The minimum absolute atomic E-state index is 0.0807. The molecule has 0 aliphatic heterocycles. The van der Waals surface area contributed by atoms with Crippen LogP contribution in [0.15, 0.2) is 126 Å². The normalized spacial score (nSPS) is 19.3. The first-order valence-electron chi connectivity index (χ1n) is 12.6. The Morgan fingerprint density at radius 2 is 1.11 bits per heavy atom. The third kappa shape index (κ3) is 4.88. The monoisotopic (exact) mass is 584 g/mol. The molecule has 5 rings (SSSR count). The summed E-state index contributed by atoms with van der Waals surface area (Å²) in [6.45, 7) is 2.20. The van der Waals surface area contributed by atoms with Gasteiger partial charge >= 0.3 is 219 Å². The van der Waals surface area contributed by atoms with E-state index in [2.05, 4.69) is 128 Å². The van der Waals surface area contributed by atoms with Crippen LogP contribution in [0.3, 0.4) is 0 Å². The molecule has 1 fully saturated rings. The van der Waals surface area contributed by atoms with Crippen LogP contribution in [0.25, 0.3) is 0 Å². The van der Waals surface area contributed by atoms with E-state index in [0.717, 1.165) is 19.3 Å². The van der Waals surface area contributed by atoms with Crippen molar-refractivity contribution in [2.75, 3.05) is 0 Å². The van der Waals surface area contributed by atoms with Crippen molar-refractivity contribution in [2.45, 2.75) is 34.3 Å². The molecule has 176 valence electrons. The Hall–Kier alpha value is -2.30. The average Bonchev–Trinajstić information content (AvgIpc) is 2.93. The summed E-state index contributed by atoms with van der Waals surface area (Å²) in [6, 6.07) is 44.6. The van der Waals surface area contributed by atoms with Gasteiger partial charge in [-0.15, -0.1) is 0 Å². The SMILES string of the molecule is C[C@@H]1C(=O)CCC[C@H]1[CH](Sc1ccccc1)[Sn]([c]1ccccc1)([c]1ccccc1)[c]1ccccc1. The third-order valence-electron chi connectivity index (χ3n) is 7.62. The van der Waals surface area contributed by atoms with Crippen LogP contribution in [0.1, 0.15) is 26.2 Å². The number of carbonyl (C=O) groups excluding carboxylic acids is 1. The standard InChI is InChI=1S/C14H17OS.3C6H5.Sn/c1-11-12(6-5-9-14(11)15)10-16-13-7-3-2-4-8-13;3*1-2-4-6-5-3-1;/h2-4,7-8,10-12H,5-6,9H2,1H3;3*1-5H;/t11-,12-;;;;/m0..../s1. The van der Waals surface area contributed by atoms with Crippen molar-refractivity contribution in [2.24, 2.45) is 11.8 Å².